The highest BCUT2D eigenvalue weighted by Crippen LogP contribution is 2.25. The van der Waals surface area contributed by atoms with Gasteiger partial charge in [0.1, 0.15) is 12.6 Å². The lowest BCUT2D eigenvalue weighted by atomic mass is 10.2. The number of rotatable bonds is 10. The van der Waals surface area contributed by atoms with Gasteiger partial charge in [0, 0.05) is 20.1 Å². The van der Waals surface area contributed by atoms with Gasteiger partial charge < -0.3 is 9.63 Å². The summed E-state index contributed by atoms with van der Waals surface area (Å²) in [4.78, 5) is 17.6. The molecule has 2 aromatic heterocycles. The van der Waals surface area contributed by atoms with Crippen LogP contribution in [-0.2, 0) is 17.6 Å². The van der Waals surface area contributed by atoms with Crippen LogP contribution < -0.4 is 5.69 Å². The van der Waals surface area contributed by atoms with Gasteiger partial charge in [0.25, 0.3) is 0 Å². The van der Waals surface area contributed by atoms with Gasteiger partial charge in [-0.25, -0.2) is 19.1 Å². The molecule has 3 atom stereocenters. The van der Waals surface area contributed by atoms with Gasteiger partial charge in [-0.05, 0) is 50.3 Å². The molecule has 0 aliphatic rings. The minimum Gasteiger partial charge on any atom is -0.382 e. The van der Waals surface area contributed by atoms with E-state index >= 15 is 0 Å². The Morgan fingerprint density at radius 2 is 1.97 bits per heavy atom. The number of hydrogen-bond acceptors (Lipinski definition) is 6. The molecule has 2 heterocycles. The fourth-order valence-electron chi connectivity index (χ4n) is 3.30. The summed E-state index contributed by atoms with van der Waals surface area (Å²) in [5, 5.41) is 18.7. The lowest BCUT2D eigenvalue weighted by Gasteiger charge is -2.15. The highest BCUT2D eigenvalue weighted by molar-refractivity contribution is 7.09. The number of aliphatic hydroxyl groups is 1. The summed E-state index contributed by atoms with van der Waals surface area (Å²) in [6.07, 6.45) is -1.30. The fourth-order valence-corrected chi connectivity index (χ4v) is 3.55. The van der Waals surface area contributed by atoms with Crippen molar-refractivity contribution in [3.8, 4) is 11.4 Å². The summed E-state index contributed by atoms with van der Waals surface area (Å²) in [6, 6.07) is 6.05. The molecule has 0 spiro atoms. The molecule has 0 saturated heterocycles. The van der Waals surface area contributed by atoms with Crippen LogP contribution in [0.5, 0.6) is 0 Å². The van der Waals surface area contributed by atoms with Gasteiger partial charge in [-0.1, -0.05) is 30.3 Å². The number of aromatic nitrogens is 6. The molecule has 0 radical (unpaired) electrons. The van der Waals surface area contributed by atoms with Gasteiger partial charge >= 0.3 is 11.9 Å². The van der Waals surface area contributed by atoms with E-state index in [4.69, 9.17) is 16.1 Å². The predicted octanol–water partition coefficient (Wildman–Crippen LogP) is 4.40. The normalized spacial score (nSPS) is 14.3. The van der Waals surface area contributed by atoms with Gasteiger partial charge in [-0.2, -0.15) is 13.2 Å². The fraction of sp³-hybridized carbons (Fsp3) is 0.304. The lowest BCUT2D eigenvalue weighted by Crippen LogP contribution is -2.37. The van der Waals surface area contributed by atoms with Gasteiger partial charge in [-0.3, -0.25) is 4.57 Å². The van der Waals surface area contributed by atoms with Crippen molar-refractivity contribution in [2.24, 2.45) is 0 Å². The van der Waals surface area contributed by atoms with E-state index in [9.17, 15) is 23.1 Å². The third-order valence-corrected chi connectivity index (χ3v) is 5.87. The number of halogens is 4. The number of nitrogens with zero attached hydrogens (tertiary/aromatic N) is 6. The van der Waals surface area contributed by atoms with Crippen LogP contribution >= 0.6 is 21.1 Å². The first-order valence-electron chi connectivity index (χ1n) is 11.0. The van der Waals surface area contributed by atoms with Crippen molar-refractivity contribution in [3.63, 3.8) is 0 Å². The van der Waals surface area contributed by atoms with Crippen molar-refractivity contribution < 1.29 is 22.8 Å². The third kappa shape index (κ3) is 6.64. The van der Waals surface area contributed by atoms with Gasteiger partial charge in [0.05, 0.1) is 12.2 Å². The van der Waals surface area contributed by atoms with E-state index in [-0.39, 0.29) is 18.2 Å². The molecule has 1 N–H and O–H groups in total. The van der Waals surface area contributed by atoms with Crippen LogP contribution in [0.25, 0.3) is 17.1 Å². The van der Waals surface area contributed by atoms with E-state index < -0.39 is 30.6 Å². The van der Waals surface area contributed by atoms with Crippen molar-refractivity contribution in [1.82, 2.24) is 29.1 Å². The Bertz CT molecular complexity index is 1360. The molecule has 9 nitrogen and oxygen atoms in total. The molecule has 37 heavy (non-hydrogen) atoms. The SMILES string of the molecule is C=C/C(=C\C=C/C)n1nc(Cn2nc(-c3ccc(Cl)cc3)n(CC(O)C(F)(F)F)c2=O)nc1C(C)OP. The number of alkyl halides is 3. The highest BCUT2D eigenvalue weighted by atomic mass is 35.5. The zero-order valence-corrected chi connectivity index (χ0v) is 21.8. The monoisotopic (exact) mass is 556 g/mol. The Morgan fingerprint density at radius 1 is 1.30 bits per heavy atom. The molecular formula is C23H25ClF3N6O3P. The second kappa shape index (κ2) is 12.0. The van der Waals surface area contributed by atoms with E-state index in [1.807, 2.05) is 13.0 Å². The smallest absolute Gasteiger partial charge is 0.382 e. The molecule has 198 valence electrons. The van der Waals surface area contributed by atoms with E-state index in [2.05, 4.69) is 31.2 Å². The summed E-state index contributed by atoms with van der Waals surface area (Å²) in [5.74, 6) is 0.479. The minimum atomic E-state index is -4.93. The Hall–Kier alpha value is -3.05. The summed E-state index contributed by atoms with van der Waals surface area (Å²) in [7, 11) is 2.14. The summed E-state index contributed by atoms with van der Waals surface area (Å²) >= 11 is 5.92. The largest absolute Gasteiger partial charge is 0.416 e. The topological polar surface area (TPSA) is 100.0 Å². The first kappa shape index (κ1) is 28.5. The molecule has 14 heteroatoms. The second-order valence-corrected chi connectivity index (χ2v) is 8.55. The van der Waals surface area contributed by atoms with Gasteiger partial charge in [0.2, 0.25) is 0 Å². The maximum atomic E-state index is 13.1. The summed E-state index contributed by atoms with van der Waals surface area (Å²) < 4.78 is 47.8. The van der Waals surface area contributed by atoms with Crippen LogP contribution in [0.1, 0.15) is 31.6 Å². The molecule has 3 rings (SSSR count). The Morgan fingerprint density at radius 3 is 2.54 bits per heavy atom. The molecule has 0 aliphatic heterocycles. The van der Waals surface area contributed by atoms with Gasteiger partial charge in [-0.15, -0.1) is 10.2 Å². The molecule has 3 unspecified atom stereocenters. The predicted molar refractivity (Wildman–Crippen MR) is 137 cm³/mol. The van der Waals surface area contributed by atoms with Crippen LogP contribution in [0.15, 0.2) is 59.9 Å². The van der Waals surface area contributed by atoms with Crippen LogP contribution in [0, 0.1) is 0 Å². The molecule has 0 aliphatic carbocycles. The molecule has 0 saturated carbocycles. The van der Waals surface area contributed by atoms with Gasteiger partial charge in [0.15, 0.2) is 23.6 Å². The number of hydrogen-bond donors (Lipinski definition) is 1. The van der Waals surface area contributed by atoms with Crippen LogP contribution in [0.3, 0.4) is 0 Å². The van der Waals surface area contributed by atoms with Crippen molar-refractivity contribution >= 4 is 26.8 Å². The van der Waals surface area contributed by atoms with E-state index in [1.165, 1.54) is 28.9 Å². The molecular weight excluding hydrogens is 532 g/mol. The Kier molecular flexibility index (Phi) is 9.25. The summed E-state index contributed by atoms with van der Waals surface area (Å²) in [5.41, 5.74) is 0.0331. The maximum absolute atomic E-state index is 13.1. The minimum absolute atomic E-state index is 0.0777. The second-order valence-electron chi connectivity index (χ2n) is 7.84. The number of allylic oxidation sites excluding steroid dienone is 5. The lowest BCUT2D eigenvalue weighted by molar-refractivity contribution is -0.207. The van der Waals surface area contributed by atoms with E-state index in [1.54, 1.807) is 25.2 Å². The zero-order chi connectivity index (χ0) is 27.3. The van der Waals surface area contributed by atoms with E-state index in [0.717, 1.165) is 9.25 Å². The van der Waals surface area contributed by atoms with Crippen molar-refractivity contribution in [2.45, 2.75) is 45.3 Å². The molecule has 0 fully saturated rings. The first-order chi connectivity index (χ1) is 17.5. The Labute approximate surface area is 217 Å². The molecule has 1 aromatic carbocycles. The van der Waals surface area contributed by atoms with Crippen molar-refractivity contribution in [1.29, 1.82) is 0 Å². The zero-order valence-electron chi connectivity index (χ0n) is 19.9. The van der Waals surface area contributed by atoms with E-state index in [0.29, 0.717) is 22.1 Å². The van der Waals surface area contributed by atoms with Crippen molar-refractivity contribution in [3.05, 3.63) is 82.3 Å². The van der Waals surface area contributed by atoms with Crippen molar-refractivity contribution in [2.75, 3.05) is 0 Å². The number of aliphatic hydroxyl groups excluding tert-OH is 1. The maximum Gasteiger partial charge on any atom is 0.416 e. The van der Waals surface area contributed by atoms with Crippen LogP contribution in [-0.4, -0.2) is 46.5 Å². The molecule has 0 amide bonds. The van der Waals surface area contributed by atoms with Crippen LogP contribution in [0.2, 0.25) is 5.02 Å². The molecule has 3 aromatic rings. The highest BCUT2D eigenvalue weighted by Gasteiger charge is 2.39. The summed E-state index contributed by atoms with van der Waals surface area (Å²) in [6.45, 7) is 6.08. The first-order valence-corrected chi connectivity index (χ1v) is 11.8. The number of benzene rings is 1. The average molecular weight is 557 g/mol. The Balaban J connectivity index is 2.10. The molecule has 0 bridgehead atoms. The average Bonchev–Trinajstić information content (AvgIpc) is 3.41. The standard InChI is InChI=1S/C23H25ClF3N6O3P/c1-4-6-7-17(5-2)33-20(14(3)36-37)28-19(29-33)13-32-22(35)31(12-18(34)23(25,26)27)21(30-32)15-8-10-16(24)11-9-15/h4-11,14,18,34H,2,12-13,37H2,1,3H3/b6-4-,17-7+. The quantitative estimate of drug-likeness (QED) is 0.293. The third-order valence-electron chi connectivity index (χ3n) is 5.21. The van der Waals surface area contributed by atoms with Crippen LogP contribution in [0.4, 0.5) is 13.2 Å².